The van der Waals surface area contributed by atoms with Gasteiger partial charge in [0.05, 0.1) is 5.71 Å². The Labute approximate surface area is 212 Å². The molecule has 3 aromatic carbocycles. The molecule has 0 saturated heterocycles. The lowest BCUT2D eigenvalue weighted by Crippen LogP contribution is -2.27. The second-order valence-corrected chi connectivity index (χ2v) is 10.3. The van der Waals surface area contributed by atoms with E-state index in [1.807, 2.05) is 48.5 Å². The van der Waals surface area contributed by atoms with E-state index < -0.39 is 23.4 Å². The molecule has 0 saturated carbocycles. The Balaban J connectivity index is 1.92. The maximum Gasteiger partial charge on any atom is 0.412 e. The predicted molar refractivity (Wildman–Crippen MR) is 144 cm³/mol. The van der Waals surface area contributed by atoms with Crippen molar-refractivity contribution in [1.29, 1.82) is 5.41 Å². The number of carbonyl (C=O) groups excluding carboxylic acids is 2. The smallest absolute Gasteiger partial charge is 0.412 e. The minimum Gasteiger partial charge on any atom is -0.444 e. The fourth-order valence-electron chi connectivity index (χ4n) is 3.42. The average Bonchev–Trinajstić information content (AvgIpc) is 2.77. The molecule has 0 aliphatic carbocycles. The van der Waals surface area contributed by atoms with Gasteiger partial charge in [0, 0.05) is 22.5 Å². The Morgan fingerprint density at radius 1 is 0.694 bits per heavy atom. The van der Waals surface area contributed by atoms with Gasteiger partial charge < -0.3 is 9.47 Å². The predicted octanol–water partition coefficient (Wildman–Crippen LogP) is 7.46. The van der Waals surface area contributed by atoms with Crippen LogP contribution in [0.5, 0.6) is 0 Å². The van der Waals surface area contributed by atoms with E-state index in [0.29, 0.717) is 22.6 Å². The zero-order valence-electron chi connectivity index (χ0n) is 21.6. The molecule has 2 amide bonds. The van der Waals surface area contributed by atoms with Crippen LogP contribution >= 0.6 is 0 Å². The van der Waals surface area contributed by atoms with Crippen molar-refractivity contribution in [1.82, 2.24) is 0 Å². The molecule has 3 N–H and O–H groups in total. The van der Waals surface area contributed by atoms with Crippen LogP contribution in [-0.4, -0.2) is 29.1 Å². The highest BCUT2D eigenvalue weighted by molar-refractivity contribution is 6.15. The number of carbonyl (C=O) groups is 2. The molecule has 7 heteroatoms. The number of amides is 2. The summed E-state index contributed by atoms with van der Waals surface area (Å²) in [6.45, 7) is 10.8. The molecular weight excluding hydrogens is 454 g/mol. The molecule has 0 heterocycles. The van der Waals surface area contributed by atoms with Gasteiger partial charge in [-0.05, 0) is 76.9 Å². The van der Waals surface area contributed by atoms with Crippen LogP contribution in [0.2, 0.25) is 0 Å². The second kappa shape index (κ2) is 10.6. The average molecular weight is 488 g/mol. The van der Waals surface area contributed by atoms with E-state index >= 15 is 0 Å². The monoisotopic (exact) mass is 487 g/mol. The van der Waals surface area contributed by atoms with Gasteiger partial charge >= 0.3 is 12.2 Å². The van der Waals surface area contributed by atoms with Crippen molar-refractivity contribution >= 4 is 29.3 Å². The van der Waals surface area contributed by atoms with Crippen LogP contribution < -0.4 is 10.6 Å². The van der Waals surface area contributed by atoms with E-state index in [2.05, 4.69) is 10.6 Å². The molecule has 3 rings (SSSR count). The molecule has 0 fully saturated rings. The summed E-state index contributed by atoms with van der Waals surface area (Å²) in [5, 5.41) is 14.4. The quantitative estimate of drug-likeness (QED) is 0.325. The number of nitrogens with one attached hydrogen (secondary N) is 3. The minimum absolute atomic E-state index is 0.314. The molecule has 188 valence electrons. The molecule has 0 aromatic heterocycles. The molecule has 0 atom stereocenters. The zero-order chi connectivity index (χ0) is 26.5. The summed E-state index contributed by atoms with van der Waals surface area (Å²) in [5.74, 6) is 0. The Kier molecular flexibility index (Phi) is 7.83. The Hall–Kier alpha value is -4.13. The van der Waals surface area contributed by atoms with E-state index in [1.165, 1.54) is 0 Å². The van der Waals surface area contributed by atoms with Gasteiger partial charge in [-0.2, -0.15) is 0 Å². The number of hydrogen-bond donors (Lipinski definition) is 3. The first-order valence-electron chi connectivity index (χ1n) is 11.7. The molecule has 0 radical (unpaired) electrons. The molecule has 0 aliphatic heterocycles. The van der Waals surface area contributed by atoms with E-state index in [0.717, 1.165) is 16.7 Å². The van der Waals surface area contributed by atoms with E-state index in [-0.39, 0.29) is 0 Å². The van der Waals surface area contributed by atoms with Gasteiger partial charge in [-0.3, -0.25) is 16.0 Å². The topological polar surface area (TPSA) is 101 Å². The third-order valence-corrected chi connectivity index (χ3v) is 4.84. The second-order valence-electron chi connectivity index (χ2n) is 10.3. The number of anilines is 2. The van der Waals surface area contributed by atoms with Gasteiger partial charge in [-0.25, -0.2) is 9.59 Å². The van der Waals surface area contributed by atoms with Gasteiger partial charge in [0.2, 0.25) is 0 Å². The largest absolute Gasteiger partial charge is 0.444 e. The summed E-state index contributed by atoms with van der Waals surface area (Å²) in [5.41, 5.74) is 3.26. The van der Waals surface area contributed by atoms with E-state index in [4.69, 9.17) is 14.9 Å². The first-order chi connectivity index (χ1) is 16.8. The van der Waals surface area contributed by atoms with Gasteiger partial charge in [0.25, 0.3) is 0 Å². The van der Waals surface area contributed by atoms with Crippen molar-refractivity contribution in [3.05, 3.63) is 83.9 Å². The SMILES string of the molecule is CC(C)(C)OC(=O)Nc1ccc(-c2ccc(NC(=O)OC(C)(C)C)cc2C(=N)c2ccccc2)cc1. The summed E-state index contributed by atoms with van der Waals surface area (Å²) < 4.78 is 10.7. The van der Waals surface area contributed by atoms with Crippen LogP contribution in [0.1, 0.15) is 52.7 Å². The maximum absolute atomic E-state index is 12.3. The molecule has 0 unspecified atom stereocenters. The Bertz CT molecular complexity index is 1240. The highest BCUT2D eigenvalue weighted by Gasteiger charge is 2.19. The van der Waals surface area contributed by atoms with Crippen molar-refractivity contribution in [2.75, 3.05) is 10.6 Å². The van der Waals surface area contributed by atoms with Gasteiger partial charge in [0.1, 0.15) is 11.2 Å². The normalized spacial score (nSPS) is 11.4. The Morgan fingerprint density at radius 3 is 1.72 bits per heavy atom. The highest BCUT2D eigenvalue weighted by Crippen LogP contribution is 2.30. The lowest BCUT2D eigenvalue weighted by atomic mass is 9.92. The highest BCUT2D eigenvalue weighted by atomic mass is 16.6. The lowest BCUT2D eigenvalue weighted by Gasteiger charge is -2.20. The van der Waals surface area contributed by atoms with Crippen LogP contribution in [0.15, 0.2) is 72.8 Å². The number of benzene rings is 3. The molecule has 0 aliphatic rings. The summed E-state index contributed by atoms with van der Waals surface area (Å²) in [7, 11) is 0. The van der Waals surface area contributed by atoms with Crippen LogP contribution in [-0.2, 0) is 9.47 Å². The lowest BCUT2D eigenvalue weighted by molar-refractivity contribution is 0.0624. The fourth-order valence-corrected chi connectivity index (χ4v) is 3.42. The van der Waals surface area contributed by atoms with Crippen LogP contribution in [0, 0.1) is 5.41 Å². The zero-order valence-corrected chi connectivity index (χ0v) is 21.6. The van der Waals surface area contributed by atoms with Crippen LogP contribution in [0.3, 0.4) is 0 Å². The standard InChI is InChI=1S/C29H33N3O4/c1-28(2,3)35-26(33)31-21-14-12-19(13-15-21)23-17-16-22(32-27(34)36-29(4,5)6)18-24(23)25(30)20-10-8-7-9-11-20/h7-18,30H,1-6H3,(H,31,33)(H,32,34). The van der Waals surface area contributed by atoms with Crippen molar-refractivity contribution in [2.24, 2.45) is 0 Å². The molecule has 3 aromatic rings. The van der Waals surface area contributed by atoms with Gasteiger partial charge in [-0.15, -0.1) is 0 Å². The van der Waals surface area contributed by atoms with Crippen molar-refractivity contribution in [3.8, 4) is 11.1 Å². The van der Waals surface area contributed by atoms with Crippen molar-refractivity contribution in [2.45, 2.75) is 52.7 Å². The first kappa shape index (κ1) is 26.5. The molecular formula is C29H33N3O4. The first-order valence-corrected chi connectivity index (χ1v) is 11.7. The number of hydrogen-bond acceptors (Lipinski definition) is 5. The summed E-state index contributed by atoms with van der Waals surface area (Å²) in [6, 6.07) is 22.1. The van der Waals surface area contributed by atoms with Crippen molar-refractivity contribution < 1.29 is 19.1 Å². The summed E-state index contributed by atoms with van der Waals surface area (Å²) in [6.07, 6.45) is -1.09. The maximum atomic E-state index is 12.3. The summed E-state index contributed by atoms with van der Waals surface area (Å²) >= 11 is 0. The minimum atomic E-state index is -0.626. The van der Waals surface area contributed by atoms with E-state index in [1.54, 1.807) is 65.8 Å². The van der Waals surface area contributed by atoms with Gasteiger partial charge in [-0.1, -0.05) is 48.5 Å². The summed E-state index contributed by atoms with van der Waals surface area (Å²) in [4.78, 5) is 24.4. The fraction of sp³-hybridized carbons (Fsp3) is 0.276. The van der Waals surface area contributed by atoms with Crippen LogP contribution in [0.25, 0.3) is 11.1 Å². The molecule has 0 spiro atoms. The third kappa shape index (κ3) is 7.70. The van der Waals surface area contributed by atoms with E-state index in [9.17, 15) is 9.59 Å². The Morgan fingerprint density at radius 2 is 1.19 bits per heavy atom. The number of rotatable bonds is 5. The van der Waals surface area contributed by atoms with Crippen LogP contribution in [0.4, 0.5) is 21.0 Å². The molecule has 7 nitrogen and oxygen atoms in total. The molecule has 0 bridgehead atoms. The van der Waals surface area contributed by atoms with Crippen molar-refractivity contribution in [3.63, 3.8) is 0 Å². The van der Waals surface area contributed by atoms with Gasteiger partial charge in [0.15, 0.2) is 0 Å². The number of ether oxygens (including phenoxy) is 2. The molecule has 36 heavy (non-hydrogen) atoms. The third-order valence-electron chi connectivity index (χ3n) is 4.84.